The fourth-order valence-corrected chi connectivity index (χ4v) is 5.44. The molecular formula is C26H37N2O+. The molecule has 1 aliphatic rings. The van der Waals surface area contributed by atoms with Crippen molar-refractivity contribution in [2.75, 3.05) is 18.4 Å². The lowest BCUT2D eigenvalue weighted by Gasteiger charge is -2.48. The quantitative estimate of drug-likeness (QED) is 0.584. The first-order chi connectivity index (χ1) is 14.0. The number of quaternary nitrogens is 1. The predicted octanol–water partition coefficient (Wildman–Crippen LogP) is 6.17. The van der Waals surface area contributed by atoms with Crippen LogP contribution < -0.4 is 5.32 Å². The zero-order chi connectivity index (χ0) is 20.9. The number of amides is 1. The van der Waals surface area contributed by atoms with Crippen LogP contribution in [0.4, 0.5) is 5.69 Å². The lowest BCUT2D eigenvalue weighted by Crippen LogP contribution is -2.61. The highest BCUT2D eigenvalue weighted by Crippen LogP contribution is 2.40. The zero-order valence-electron chi connectivity index (χ0n) is 18.6. The normalized spacial score (nSPS) is 23.2. The molecule has 1 saturated heterocycles. The molecule has 1 amide bonds. The Morgan fingerprint density at radius 3 is 2.31 bits per heavy atom. The Morgan fingerprint density at radius 2 is 1.69 bits per heavy atom. The van der Waals surface area contributed by atoms with E-state index >= 15 is 0 Å². The molecule has 2 aromatic rings. The van der Waals surface area contributed by atoms with E-state index in [9.17, 15) is 4.79 Å². The van der Waals surface area contributed by atoms with E-state index in [1.54, 1.807) is 0 Å². The summed E-state index contributed by atoms with van der Waals surface area (Å²) in [6.45, 7) is 10.7. The van der Waals surface area contributed by atoms with E-state index in [0.717, 1.165) is 47.2 Å². The zero-order valence-corrected chi connectivity index (χ0v) is 18.6. The number of para-hydroxylation sites is 1. The summed E-state index contributed by atoms with van der Waals surface area (Å²) in [6, 6.07) is 17.4. The standard InChI is InChI=1S/C26H36N2O/c1-5-23(26(29)27-25-20(3)14-13-15-21(25)4)28(6-2)19-12-8-11-18-24(28)22-16-9-7-10-17-22/h7,9-10,13-17,23-24H,5-6,8,11-12,18-19H2,1-4H3/p+1. The molecule has 156 valence electrons. The van der Waals surface area contributed by atoms with Gasteiger partial charge in [-0.3, -0.25) is 4.79 Å². The van der Waals surface area contributed by atoms with Crippen molar-refractivity contribution in [3.8, 4) is 0 Å². The fourth-order valence-electron chi connectivity index (χ4n) is 5.44. The predicted molar refractivity (Wildman–Crippen MR) is 122 cm³/mol. The summed E-state index contributed by atoms with van der Waals surface area (Å²) in [7, 11) is 0. The Labute approximate surface area is 176 Å². The molecule has 0 spiro atoms. The Balaban J connectivity index is 1.99. The molecule has 1 aliphatic heterocycles. The van der Waals surface area contributed by atoms with E-state index in [1.807, 2.05) is 0 Å². The van der Waals surface area contributed by atoms with Crippen molar-refractivity contribution in [3.63, 3.8) is 0 Å². The maximum atomic E-state index is 13.7. The molecule has 1 heterocycles. The van der Waals surface area contributed by atoms with Crippen LogP contribution in [0.1, 0.15) is 68.7 Å². The van der Waals surface area contributed by atoms with Gasteiger partial charge in [-0.25, -0.2) is 0 Å². The minimum absolute atomic E-state index is 0.0395. The molecule has 0 bridgehead atoms. The van der Waals surface area contributed by atoms with Gasteiger partial charge < -0.3 is 9.80 Å². The van der Waals surface area contributed by atoms with Crippen molar-refractivity contribution < 1.29 is 9.28 Å². The second kappa shape index (κ2) is 9.58. The minimum atomic E-state index is -0.0395. The van der Waals surface area contributed by atoms with Crippen LogP contribution in [0, 0.1) is 13.8 Å². The van der Waals surface area contributed by atoms with Crippen LogP contribution in [-0.4, -0.2) is 29.5 Å². The molecule has 2 aromatic carbocycles. The molecule has 0 aromatic heterocycles. The lowest BCUT2D eigenvalue weighted by molar-refractivity contribution is -0.969. The maximum absolute atomic E-state index is 13.7. The molecule has 0 radical (unpaired) electrons. The minimum Gasteiger partial charge on any atom is -0.320 e. The Hall–Kier alpha value is -2.13. The highest BCUT2D eigenvalue weighted by atomic mass is 16.2. The van der Waals surface area contributed by atoms with E-state index in [1.165, 1.54) is 24.8 Å². The van der Waals surface area contributed by atoms with Crippen molar-refractivity contribution in [2.24, 2.45) is 0 Å². The number of nitrogens with one attached hydrogen (secondary N) is 1. The Bertz CT molecular complexity index is 796. The molecule has 3 heteroatoms. The third-order valence-electron chi connectivity index (χ3n) is 6.99. The van der Waals surface area contributed by atoms with Crippen molar-refractivity contribution in [2.45, 2.75) is 71.9 Å². The Morgan fingerprint density at radius 1 is 1.00 bits per heavy atom. The molecule has 0 aliphatic carbocycles. The van der Waals surface area contributed by atoms with Gasteiger partial charge in [-0.05, 0) is 51.2 Å². The SMILES string of the molecule is CCC(C(=O)Nc1c(C)cccc1C)[N+]1(CC)CCCCCC1c1ccccc1. The number of nitrogens with zero attached hydrogens (tertiary/aromatic N) is 1. The van der Waals surface area contributed by atoms with Gasteiger partial charge in [0.05, 0.1) is 13.1 Å². The topological polar surface area (TPSA) is 29.1 Å². The third kappa shape index (κ3) is 4.40. The first kappa shape index (κ1) is 21.6. The average molecular weight is 394 g/mol. The first-order valence-electron chi connectivity index (χ1n) is 11.3. The van der Waals surface area contributed by atoms with E-state index in [4.69, 9.17) is 0 Å². The van der Waals surface area contributed by atoms with Crippen LogP contribution in [-0.2, 0) is 4.79 Å². The third-order valence-corrected chi connectivity index (χ3v) is 6.99. The van der Waals surface area contributed by atoms with Crippen LogP contribution in [0.5, 0.6) is 0 Å². The summed E-state index contributed by atoms with van der Waals surface area (Å²) in [4.78, 5) is 13.7. The molecule has 3 rings (SSSR count). The van der Waals surface area contributed by atoms with Crippen molar-refractivity contribution >= 4 is 11.6 Å². The van der Waals surface area contributed by atoms with E-state index in [0.29, 0.717) is 6.04 Å². The number of carbonyl (C=O) groups is 1. The van der Waals surface area contributed by atoms with Crippen molar-refractivity contribution in [3.05, 3.63) is 65.2 Å². The Kier molecular flexibility index (Phi) is 7.13. The molecule has 29 heavy (non-hydrogen) atoms. The van der Waals surface area contributed by atoms with Gasteiger partial charge in [0.25, 0.3) is 5.91 Å². The molecule has 0 saturated carbocycles. The number of hydrogen-bond donors (Lipinski definition) is 1. The van der Waals surface area contributed by atoms with Gasteiger partial charge in [-0.15, -0.1) is 0 Å². The number of rotatable bonds is 6. The largest absolute Gasteiger partial charge is 0.320 e. The van der Waals surface area contributed by atoms with Crippen LogP contribution in [0.3, 0.4) is 0 Å². The van der Waals surface area contributed by atoms with Gasteiger partial charge in [0.1, 0.15) is 6.04 Å². The number of hydrogen-bond acceptors (Lipinski definition) is 1. The number of anilines is 1. The summed E-state index contributed by atoms with van der Waals surface area (Å²) in [6.07, 6.45) is 5.72. The first-order valence-corrected chi connectivity index (χ1v) is 11.3. The molecule has 3 unspecified atom stereocenters. The molecule has 3 nitrogen and oxygen atoms in total. The van der Waals surface area contributed by atoms with Gasteiger partial charge in [-0.1, -0.05) is 55.5 Å². The summed E-state index contributed by atoms with van der Waals surface area (Å²) in [5, 5.41) is 3.32. The van der Waals surface area contributed by atoms with Gasteiger partial charge >= 0.3 is 0 Å². The summed E-state index contributed by atoms with van der Waals surface area (Å²) in [5.41, 5.74) is 4.63. The van der Waals surface area contributed by atoms with Gasteiger partial charge in [-0.2, -0.15) is 0 Å². The molecule has 1 N–H and O–H groups in total. The fraction of sp³-hybridized carbons (Fsp3) is 0.500. The van der Waals surface area contributed by atoms with E-state index in [-0.39, 0.29) is 11.9 Å². The van der Waals surface area contributed by atoms with Crippen LogP contribution >= 0.6 is 0 Å². The van der Waals surface area contributed by atoms with Crippen LogP contribution in [0.15, 0.2) is 48.5 Å². The van der Waals surface area contributed by atoms with Gasteiger partial charge in [0.2, 0.25) is 0 Å². The highest BCUT2D eigenvalue weighted by molar-refractivity contribution is 5.95. The van der Waals surface area contributed by atoms with Crippen LogP contribution in [0.2, 0.25) is 0 Å². The number of aryl methyl sites for hydroxylation is 2. The highest BCUT2D eigenvalue weighted by Gasteiger charge is 2.46. The molecule has 3 atom stereocenters. The maximum Gasteiger partial charge on any atom is 0.282 e. The molecular weight excluding hydrogens is 356 g/mol. The van der Waals surface area contributed by atoms with Gasteiger partial charge in [0, 0.05) is 24.1 Å². The van der Waals surface area contributed by atoms with E-state index in [2.05, 4.69) is 81.5 Å². The number of benzene rings is 2. The molecule has 1 fully saturated rings. The van der Waals surface area contributed by atoms with Crippen LogP contribution in [0.25, 0.3) is 0 Å². The number of likely N-dealkylation sites (N-methyl/N-ethyl adjacent to an activating group) is 1. The second-order valence-electron chi connectivity index (χ2n) is 8.60. The lowest BCUT2D eigenvalue weighted by atomic mass is 9.94. The average Bonchev–Trinajstić information content (AvgIpc) is 2.95. The van der Waals surface area contributed by atoms with Gasteiger partial charge in [0.15, 0.2) is 6.04 Å². The number of likely N-dealkylation sites (tertiary alicyclic amines) is 1. The summed E-state index contributed by atoms with van der Waals surface area (Å²) in [5.74, 6) is 0.176. The summed E-state index contributed by atoms with van der Waals surface area (Å²) >= 11 is 0. The smallest absolute Gasteiger partial charge is 0.282 e. The van der Waals surface area contributed by atoms with Crippen molar-refractivity contribution in [1.82, 2.24) is 0 Å². The van der Waals surface area contributed by atoms with Crippen molar-refractivity contribution in [1.29, 1.82) is 0 Å². The second-order valence-corrected chi connectivity index (χ2v) is 8.60. The monoisotopic (exact) mass is 393 g/mol. The van der Waals surface area contributed by atoms with E-state index < -0.39 is 0 Å². The number of carbonyl (C=O) groups excluding carboxylic acids is 1. The summed E-state index contributed by atoms with van der Waals surface area (Å²) < 4.78 is 0.872.